The summed E-state index contributed by atoms with van der Waals surface area (Å²) in [4.78, 5) is 23.8. The molecule has 2 unspecified atom stereocenters. The zero-order valence-corrected chi connectivity index (χ0v) is 10.8. The van der Waals surface area contributed by atoms with E-state index < -0.39 is 5.41 Å². The maximum absolute atomic E-state index is 12.5. The van der Waals surface area contributed by atoms with E-state index in [-0.39, 0.29) is 11.6 Å². The number of hydrogen-bond donors (Lipinski definition) is 0. The molecule has 0 N–H and O–H groups in total. The van der Waals surface area contributed by atoms with Gasteiger partial charge in [0, 0.05) is 6.42 Å². The first kappa shape index (κ1) is 12.3. The minimum absolute atomic E-state index is 0.151. The Morgan fingerprint density at radius 3 is 2.59 bits per heavy atom. The smallest absolute Gasteiger partial charge is 0.168 e. The Morgan fingerprint density at radius 1 is 1.35 bits per heavy atom. The topological polar surface area (TPSA) is 34.1 Å². The summed E-state index contributed by atoms with van der Waals surface area (Å²) in [5.74, 6) is 1.17. The van der Waals surface area contributed by atoms with Gasteiger partial charge in [0.2, 0.25) is 0 Å². The fourth-order valence-corrected chi connectivity index (χ4v) is 3.25. The predicted octanol–water partition coefficient (Wildman–Crippen LogP) is 3.08. The fourth-order valence-electron chi connectivity index (χ4n) is 3.25. The fraction of sp³-hybridized carbons (Fsp3) is 0.600. The number of Topliss-reactive ketones (excluding diaryl/α,β-unsaturated/α-hetero) is 1. The minimum Gasteiger partial charge on any atom is -0.295 e. The van der Waals surface area contributed by atoms with E-state index in [0.717, 1.165) is 12.0 Å². The van der Waals surface area contributed by atoms with Crippen LogP contribution in [-0.4, -0.2) is 11.6 Å². The van der Waals surface area contributed by atoms with Gasteiger partial charge >= 0.3 is 0 Å². The van der Waals surface area contributed by atoms with Gasteiger partial charge in [0.25, 0.3) is 0 Å². The molecule has 2 aliphatic carbocycles. The number of rotatable bonds is 1. The lowest BCUT2D eigenvalue weighted by Gasteiger charge is -2.43. The van der Waals surface area contributed by atoms with Crippen LogP contribution in [0, 0.1) is 17.3 Å². The van der Waals surface area contributed by atoms with Gasteiger partial charge in [-0.2, -0.15) is 0 Å². The number of carbonyl (C=O) groups excluding carboxylic acids is 2. The highest BCUT2D eigenvalue weighted by atomic mass is 16.1. The van der Waals surface area contributed by atoms with E-state index in [4.69, 9.17) is 0 Å². The van der Waals surface area contributed by atoms with Gasteiger partial charge in [0.05, 0.1) is 5.41 Å². The Hall–Kier alpha value is -1.18. The van der Waals surface area contributed by atoms with Crippen molar-refractivity contribution in [3.8, 4) is 0 Å². The molecule has 0 saturated carbocycles. The summed E-state index contributed by atoms with van der Waals surface area (Å²) in [5.41, 5.74) is 0.460. The van der Waals surface area contributed by atoms with Gasteiger partial charge in [-0.05, 0) is 43.3 Å². The van der Waals surface area contributed by atoms with Crippen molar-refractivity contribution in [2.24, 2.45) is 17.3 Å². The summed E-state index contributed by atoms with van der Waals surface area (Å²) in [6.45, 7) is 6.22. The molecule has 17 heavy (non-hydrogen) atoms. The highest BCUT2D eigenvalue weighted by molar-refractivity contribution is 6.04. The number of ketones is 2. The largest absolute Gasteiger partial charge is 0.295 e. The molecule has 1 spiro atoms. The third-order valence-corrected chi connectivity index (χ3v) is 4.28. The van der Waals surface area contributed by atoms with Crippen molar-refractivity contribution in [3.05, 3.63) is 23.8 Å². The van der Waals surface area contributed by atoms with Crippen LogP contribution in [0.4, 0.5) is 0 Å². The first-order valence-electron chi connectivity index (χ1n) is 6.41. The Morgan fingerprint density at radius 2 is 2.06 bits per heavy atom. The average Bonchev–Trinajstić information content (AvgIpc) is 2.29. The van der Waals surface area contributed by atoms with E-state index in [2.05, 4.69) is 19.9 Å². The van der Waals surface area contributed by atoms with Crippen molar-refractivity contribution in [1.82, 2.24) is 0 Å². The normalized spacial score (nSPS) is 33.4. The summed E-state index contributed by atoms with van der Waals surface area (Å²) in [5, 5.41) is 0. The molecule has 0 amide bonds. The lowest BCUT2D eigenvalue weighted by molar-refractivity contribution is -0.128. The van der Waals surface area contributed by atoms with Crippen LogP contribution < -0.4 is 0 Å². The lowest BCUT2D eigenvalue weighted by atomic mass is 9.58. The quantitative estimate of drug-likeness (QED) is 0.696. The van der Waals surface area contributed by atoms with Crippen LogP contribution in [0.2, 0.25) is 0 Å². The second kappa shape index (κ2) is 4.25. The van der Waals surface area contributed by atoms with E-state index in [1.165, 1.54) is 0 Å². The van der Waals surface area contributed by atoms with Crippen molar-refractivity contribution in [3.63, 3.8) is 0 Å². The monoisotopic (exact) mass is 232 g/mol. The second-order valence-electron chi connectivity index (χ2n) is 5.64. The summed E-state index contributed by atoms with van der Waals surface area (Å²) in [7, 11) is 0. The molecule has 0 aromatic heterocycles. The average molecular weight is 232 g/mol. The Balaban J connectivity index is 2.46. The van der Waals surface area contributed by atoms with E-state index in [9.17, 15) is 9.59 Å². The molecule has 2 atom stereocenters. The molecule has 0 aliphatic heterocycles. The molecule has 0 heterocycles. The molecule has 2 rings (SSSR count). The Bertz CT molecular complexity index is 415. The molecule has 0 bridgehead atoms. The SMILES string of the molecule is CC1=CCC(C(C)C)C2(C=CC(=O)CC2)C1=O. The molecular formula is C15H20O2. The van der Waals surface area contributed by atoms with Crippen LogP contribution in [0.15, 0.2) is 23.8 Å². The van der Waals surface area contributed by atoms with Crippen molar-refractivity contribution in [2.75, 3.05) is 0 Å². The van der Waals surface area contributed by atoms with E-state index in [1.807, 2.05) is 13.0 Å². The molecule has 0 fully saturated rings. The molecule has 2 nitrogen and oxygen atoms in total. The van der Waals surface area contributed by atoms with Crippen molar-refractivity contribution in [1.29, 1.82) is 0 Å². The molecule has 92 valence electrons. The maximum atomic E-state index is 12.5. The van der Waals surface area contributed by atoms with Gasteiger partial charge in [-0.15, -0.1) is 0 Å². The Kier molecular flexibility index (Phi) is 3.07. The van der Waals surface area contributed by atoms with Gasteiger partial charge in [0.15, 0.2) is 11.6 Å². The number of carbonyl (C=O) groups is 2. The van der Waals surface area contributed by atoms with Crippen molar-refractivity contribution in [2.45, 2.75) is 40.0 Å². The zero-order valence-electron chi connectivity index (χ0n) is 10.8. The maximum Gasteiger partial charge on any atom is 0.168 e. The molecule has 0 saturated heterocycles. The highest BCUT2D eigenvalue weighted by Gasteiger charge is 2.47. The van der Waals surface area contributed by atoms with E-state index in [0.29, 0.717) is 24.7 Å². The standard InChI is InChI=1S/C15H20O2/c1-10(2)13-5-4-11(3)14(17)15(13)8-6-12(16)7-9-15/h4,6,8,10,13H,5,7,9H2,1-3H3. The zero-order chi connectivity index (χ0) is 12.6. The molecule has 2 aliphatic rings. The Labute approximate surface area is 103 Å². The predicted molar refractivity (Wildman–Crippen MR) is 67.5 cm³/mol. The van der Waals surface area contributed by atoms with Gasteiger partial charge in [-0.1, -0.05) is 26.0 Å². The third kappa shape index (κ3) is 1.90. The summed E-state index contributed by atoms with van der Waals surface area (Å²) >= 11 is 0. The first-order chi connectivity index (χ1) is 7.97. The number of hydrogen-bond acceptors (Lipinski definition) is 2. The molecule has 0 aromatic carbocycles. The molecule has 0 aromatic rings. The first-order valence-corrected chi connectivity index (χ1v) is 6.41. The molecule has 2 heteroatoms. The van der Waals surface area contributed by atoms with Gasteiger partial charge in [-0.25, -0.2) is 0 Å². The molecular weight excluding hydrogens is 212 g/mol. The summed E-state index contributed by atoms with van der Waals surface area (Å²) in [6.07, 6.45) is 7.72. The van der Waals surface area contributed by atoms with Gasteiger partial charge in [-0.3, -0.25) is 9.59 Å². The third-order valence-electron chi connectivity index (χ3n) is 4.28. The van der Waals surface area contributed by atoms with Crippen molar-refractivity contribution < 1.29 is 9.59 Å². The van der Waals surface area contributed by atoms with Crippen LogP contribution >= 0.6 is 0 Å². The van der Waals surface area contributed by atoms with Gasteiger partial charge in [0.1, 0.15) is 0 Å². The second-order valence-corrected chi connectivity index (χ2v) is 5.64. The highest BCUT2D eigenvalue weighted by Crippen LogP contribution is 2.48. The lowest BCUT2D eigenvalue weighted by Crippen LogP contribution is -2.44. The van der Waals surface area contributed by atoms with Crippen molar-refractivity contribution >= 4 is 11.6 Å². The van der Waals surface area contributed by atoms with Crippen LogP contribution in [0.5, 0.6) is 0 Å². The van der Waals surface area contributed by atoms with Crippen LogP contribution in [0.1, 0.15) is 40.0 Å². The number of allylic oxidation sites excluding steroid dienone is 4. The van der Waals surface area contributed by atoms with Crippen LogP contribution in [0.3, 0.4) is 0 Å². The van der Waals surface area contributed by atoms with Crippen LogP contribution in [-0.2, 0) is 9.59 Å². The van der Waals surface area contributed by atoms with E-state index in [1.54, 1.807) is 6.08 Å². The summed E-state index contributed by atoms with van der Waals surface area (Å²) in [6, 6.07) is 0. The summed E-state index contributed by atoms with van der Waals surface area (Å²) < 4.78 is 0. The minimum atomic E-state index is -0.402. The van der Waals surface area contributed by atoms with Crippen LogP contribution in [0.25, 0.3) is 0 Å². The van der Waals surface area contributed by atoms with E-state index >= 15 is 0 Å². The van der Waals surface area contributed by atoms with Gasteiger partial charge < -0.3 is 0 Å². The molecule has 0 radical (unpaired) electrons.